The van der Waals surface area contributed by atoms with Gasteiger partial charge in [-0.15, -0.1) is 0 Å². The Hall–Kier alpha value is -2.25. The van der Waals surface area contributed by atoms with Crippen molar-refractivity contribution >= 4 is 44.9 Å². The fraction of sp³-hybridized carbons (Fsp3) is 0.304. The third-order valence-corrected chi connectivity index (χ3v) is 5.82. The Balaban J connectivity index is 1.78. The monoisotopic (exact) mass is 489 g/mol. The van der Waals surface area contributed by atoms with Crippen LogP contribution in [0, 0.1) is 0 Å². The molecule has 2 aromatic carbocycles. The van der Waals surface area contributed by atoms with Crippen LogP contribution >= 0.6 is 27.7 Å². The first-order valence-electron chi connectivity index (χ1n) is 9.91. The molecule has 5 nitrogen and oxygen atoms in total. The second-order valence-electron chi connectivity index (χ2n) is 6.74. The van der Waals surface area contributed by atoms with Gasteiger partial charge in [0.1, 0.15) is 0 Å². The number of unbranched alkanes of at least 4 members (excludes halogenated alkanes) is 1. The molecule has 1 aliphatic heterocycles. The van der Waals surface area contributed by atoms with E-state index in [0.717, 1.165) is 40.2 Å². The predicted octanol–water partition coefficient (Wildman–Crippen LogP) is 6.26. The molecule has 2 aromatic rings. The second kappa shape index (κ2) is 10.7. The Morgan fingerprint density at radius 3 is 2.63 bits per heavy atom. The third-order valence-electron chi connectivity index (χ3n) is 4.42. The van der Waals surface area contributed by atoms with E-state index in [1.165, 1.54) is 4.90 Å². The standard InChI is InChI=1S/C23H24BrNO4S/c1-3-5-11-29-19-10-9-16(13-20(19)28-4-2)14-21-22(26)25(23(27)30-21)15-17-7-6-8-18(24)12-17/h6-10,12-14H,3-5,11,15H2,1-2H3/b21-14-. The summed E-state index contributed by atoms with van der Waals surface area (Å²) in [4.78, 5) is 26.9. The minimum absolute atomic E-state index is 0.246. The average molecular weight is 490 g/mol. The van der Waals surface area contributed by atoms with Gasteiger partial charge < -0.3 is 9.47 Å². The van der Waals surface area contributed by atoms with Crippen molar-refractivity contribution in [1.29, 1.82) is 0 Å². The summed E-state index contributed by atoms with van der Waals surface area (Å²) in [6, 6.07) is 13.1. The lowest BCUT2D eigenvalue weighted by Crippen LogP contribution is -2.27. The van der Waals surface area contributed by atoms with Crippen LogP contribution in [0.3, 0.4) is 0 Å². The SMILES string of the molecule is CCCCOc1ccc(/C=C2\SC(=O)N(Cc3cccc(Br)c3)C2=O)cc1OCC. The van der Waals surface area contributed by atoms with Gasteiger partial charge in [0.25, 0.3) is 11.1 Å². The number of amides is 2. The van der Waals surface area contributed by atoms with Crippen molar-refractivity contribution in [2.24, 2.45) is 0 Å². The number of imide groups is 1. The van der Waals surface area contributed by atoms with Crippen molar-refractivity contribution in [3.8, 4) is 11.5 Å². The predicted molar refractivity (Wildman–Crippen MR) is 124 cm³/mol. The van der Waals surface area contributed by atoms with Crippen LogP contribution in [-0.2, 0) is 11.3 Å². The highest BCUT2D eigenvalue weighted by Crippen LogP contribution is 2.35. The van der Waals surface area contributed by atoms with Gasteiger partial charge in [0.05, 0.1) is 24.7 Å². The van der Waals surface area contributed by atoms with Gasteiger partial charge in [0, 0.05) is 4.47 Å². The van der Waals surface area contributed by atoms with Crippen molar-refractivity contribution in [2.75, 3.05) is 13.2 Å². The fourth-order valence-electron chi connectivity index (χ4n) is 2.93. The van der Waals surface area contributed by atoms with E-state index in [4.69, 9.17) is 9.47 Å². The molecule has 1 saturated heterocycles. The molecular formula is C23H24BrNO4S. The van der Waals surface area contributed by atoms with Gasteiger partial charge in [-0.2, -0.15) is 0 Å². The molecule has 1 heterocycles. The second-order valence-corrected chi connectivity index (χ2v) is 8.65. The molecule has 0 aromatic heterocycles. The fourth-order valence-corrected chi connectivity index (χ4v) is 4.22. The molecule has 0 saturated carbocycles. The van der Waals surface area contributed by atoms with Crippen LogP contribution < -0.4 is 9.47 Å². The minimum atomic E-state index is -0.286. The number of hydrogen-bond acceptors (Lipinski definition) is 5. The highest BCUT2D eigenvalue weighted by atomic mass is 79.9. The van der Waals surface area contributed by atoms with Crippen molar-refractivity contribution in [1.82, 2.24) is 4.90 Å². The van der Waals surface area contributed by atoms with Gasteiger partial charge in [-0.3, -0.25) is 14.5 Å². The Morgan fingerprint density at radius 1 is 1.07 bits per heavy atom. The molecule has 0 aliphatic carbocycles. The van der Waals surface area contributed by atoms with E-state index in [1.54, 1.807) is 6.08 Å². The maximum absolute atomic E-state index is 12.8. The van der Waals surface area contributed by atoms with Crippen molar-refractivity contribution in [3.05, 3.63) is 63.0 Å². The van der Waals surface area contributed by atoms with Gasteiger partial charge in [-0.1, -0.05) is 47.5 Å². The van der Waals surface area contributed by atoms with E-state index in [9.17, 15) is 9.59 Å². The molecule has 158 valence electrons. The topological polar surface area (TPSA) is 55.8 Å². The summed E-state index contributed by atoms with van der Waals surface area (Å²) in [5.74, 6) is 1.03. The first kappa shape index (κ1) is 22.4. The first-order valence-corrected chi connectivity index (χ1v) is 11.5. The smallest absolute Gasteiger partial charge is 0.293 e. The number of benzene rings is 2. The molecule has 1 aliphatic rings. The number of halogens is 1. The van der Waals surface area contributed by atoms with Crippen LogP contribution in [0.5, 0.6) is 11.5 Å². The van der Waals surface area contributed by atoms with Gasteiger partial charge in [-0.05, 0) is 66.6 Å². The largest absolute Gasteiger partial charge is 0.490 e. The quantitative estimate of drug-likeness (QED) is 0.307. The molecular weight excluding hydrogens is 466 g/mol. The van der Waals surface area contributed by atoms with Gasteiger partial charge in [0.15, 0.2) is 11.5 Å². The summed E-state index contributed by atoms with van der Waals surface area (Å²) in [6.45, 7) is 5.41. The number of thioether (sulfide) groups is 1. The summed E-state index contributed by atoms with van der Waals surface area (Å²) < 4.78 is 12.4. The summed E-state index contributed by atoms with van der Waals surface area (Å²) >= 11 is 4.37. The number of hydrogen-bond donors (Lipinski definition) is 0. The van der Waals surface area contributed by atoms with E-state index < -0.39 is 0 Å². The number of ether oxygens (including phenoxy) is 2. The van der Waals surface area contributed by atoms with Crippen molar-refractivity contribution < 1.29 is 19.1 Å². The number of carbonyl (C=O) groups excluding carboxylic acids is 2. The Kier molecular flexibility index (Phi) is 7.99. The zero-order chi connectivity index (χ0) is 21.5. The Bertz CT molecular complexity index is 960. The van der Waals surface area contributed by atoms with E-state index in [1.807, 2.05) is 49.4 Å². The molecule has 1 fully saturated rings. The lowest BCUT2D eigenvalue weighted by atomic mass is 10.1. The van der Waals surface area contributed by atoms with Crippen LogP contribution in [0.1, 0.15) is 37.8 Å². The zero-order valence-corrected chi connectivity index (χ0v) is 19.4. The lowest BCUT2D eigenvalue weighted by Gasteiger charge is -2.13. The number of rotatable bonds is 9. The highest BCUT2D eigenvalue weighted by molar-refractivity contribution is 9.10. The van der Waals surface area contributed by atoms with Crippen LogP contribution in [0.4, 0.5) is 4.79 Å². The molecule has 0 radical (unpaired) electrons. The number of carbonyl (C=O) groups is 2. The normalized spacial score (nSPS) is 15.2. The van der Waals surface area contributed by atoms with E-state index in [0.29, 0.717) is 29.6 Å². The van der Waals surface area contributed by atoms with Crippen LogP contribution in [-0.4, -0.2) is 29.3 Å². The molecule has 0 atom stereocenters. The Labute approximate surface area is 189 Å². The minimum Gasteiger partial charge on any atom is -0.490 e. The van der Waals surface area contributed by atoms with Gasteiger partial charge in [-0.25, -0.2) is 0 Å². The maximum atomic E-state index is 12.8. The van der Waals surface area contributed by atoms with E-state index in [-0.39, 0.29) is 17.7 Å². The molecule has 0 unspecified atom stereocenters. The first-order chi connectivity index (χ1) is 14.5. The van der Waals surface area contributed by atoms with Gasteiger partial charge >= 0.3 is 0 Å². The van der Waals surface area contributed by atoms with Crippen LogP contribution in [0.15, 0.2) is 51.8 Å². The summed E-state index contributed by atoms with van der Waals surface area (Å²) in [7, 11) is 0. The molecule has 2 amide bonds. The molecule has 0 spiro atoms. The number of nitrogens with zero attached hydrogens (tertiary/aromatic N) is 1. The maximum Gasteiger partial charge on any atom is 0.293 e. The molecule has 3 rings (SSSR count). The molecule has 0 bridgehead atoms. The van der Waals surface area contributed by atoms with Crippen LogP contribution in [0.25, 0.3) is 6.08 Å². The average Bonchev–Trinajstić information content (AvgIpc) is 2.97. The van der Waals surface area contributed by atoms with Gasteiger partial charge in [0.2, 0.25) is 0 Å². The van der Waals surface area contributed by atoms with E-state index in [2.05, 4.69) is 22.9 Å². The van der Waals surface area contributed by atoms with E-state index >= 15 is 0 Å². The third kappa shape index (κ3) is 5.67. The highest BCUT2D eigenvalue weighted by Gasteiger charge is 2.35. The summed E-state index contributed by atoms with van der Waals surface area (Å²) in [5, 5.41) is -0.268. The molecule has 7 heteroatoms. The lowest BCUT2D eigenvalue weighted by molar-refractivity contribution is -0.123. The molecule has 0 N–H and O–H groups in total. The van der Waals surface area contributed by atoms with Crippen molar-refractivity contribution in [2.45, 2.75) is 33.2 Å². The van der Waals surface area contributed by atoms with Crippen LogP contribution in [0.2, 0.25) is 0 Å². The summed E-state index contributed by atoms with van der Waals surface area (Å²) in [6.07, 6.45) is 3.75. The zero-order valence-electron chi connectivity index (χ0n) is 17.0. The summed E-state index contributed by atoms with van der Waals surface area (Å²) in [5.41, 5.74) is 1.68. The Morgan fingerprint density at radius 2 is 1.90 bits per heavy atom. The van der Waals surface area contributed by atoms with Crippen molar-refractivity contribution in [3.63, 3.8) is 0 Å². The molecule has 30 heavy (non-hydrogen) atoms.